The average molecular weight is 702 g/mol. The van der Waals surface area contributed by atoms with Crippen molar-refractivity contribution in [3.8, 4) is 5.75 Å². The van der Waals surface area contributed by atoms with Crippen LogP contribution in [0.15, 0.2) is 48.5 Å². The summed E-state index contributed by atoms with van der Waals surface area (Å²) in [4.78, 5) is 62.0. The molecular weight excluding hydrogens is 646 g/mol. The van der Waals surface area contributed by atoms with Crippen LogP contribution in [0.3, 0.4) is 0 Å². The fourth-order valence-electron chi connectivity index (χ4n) is 7.99. The molecule has 6 rings (SSSR count). The molecular formula is C39H55N7O5. The molecule has 2 aromatic rings. The van der Waals surface area contributed by atoms with Gasteiger partial charge in [-0.05, 0) is 93.9 Å². The third-order valence-electron chi connectivity index (χ3n) is 10.9. The van der Waals surface area contributed by atoms with Crippen molar-refractivity contribution in [2.75, 3.05) is 57.7 Å². The molecule has 12 nitrogen and oxygen atoms in total. The predicted octanol–water partition coefficient (Wildman–Crippen LogP) is 4.13. The Morgan fingerprint density at radius 1 is 0.882 bits per heavy atom. The van der Waals surface area contributed by atoms with Crippen molar-refractivity contribution in [2.45, 2.75) is 95.9 Å². The molecule has 0 aromatic heterocycles. The summed E-state index contributed by atoms with van der Waals surface area (Å²) in [5.74, 6) is 0.334. The van der Waals surface area contributed by atoms with Gasteiger partial charge < -0.3 is 40.3 Å². The molecule has 4 aliphatic rings. The van der Waals surface area contributed by atoms with Crippen molar-refractivity contribution < 1.29 is 23.9 Å². The standard InChI is InChI=1S/C39H55N7O5/c1-3-51-33-13-11-30(12-14-33)41-39(50)42-35(38(49)45-23-15-31(16-24-45)43-19-7-4-8-20-43)25-37(48)44-21-17-32(18-22-44)46(28(2)47)27-29-9-5-6-10-34(29)36-26-40-36/h5-6,9-14,31-32,35-36,40H,3-4,7-8,15-27H2,1-2H3,(H2,41,42,50)/t35-,36?/m0/s1. The molecule has 0 spiro atoms. The number of urea groups is 1. The molecule has 0 saturated carbocycles. The van der Waals surface area contributed by atoms with Crippen molar-refractivity contribution in [2.24, 2.45) is 0 Å². The van der Waals surface area contributed by atoms with Gasteiger partial charge in [0.15, 0.2) is 0 Å². The van der Waals surface area contributed by atoms with Crippen LogP contribution in [0.1, 0.15) is 82.4 Å². The van der Waals surface area contributed by atoms with E-state index in [1.165, 1.54) is 24.8 Å². The monoisotopic (exact) mass is 701 g/mol. The Morgan fingerprint density at radius 3 is 2.20 bits per heavy atom. The SMILES string of the molecule is CCOc1ccc(NC(=O)N[C@@H](CC(=O)N2CCC(N(Cc3ccccc3C3CN3)C(C)=O)CC2)C(=O)N2CCC(N3CCCCC3)CC2)cc1. The molecule has 4 fully saturated rings. The Balaban J connectivity index is 1.07. The summed E-state index contributed by atoms with van der Waals surface area (Å²) in [6, 6.07) is 14.6. The van der Waals surface area contributed by atoms with E-state index in [0.717, 1.165) is 38.0 Å². The van der Waals surface area contributed by atoms with Crippen LogP contribution in [0.25, 0.3) is 0 Å². The third-order valence-corrected chi connectivity index (χ3v) is 10.9. The van der Waals surface area contributed by atoms with Gasteiger partial charge >= 0.3 is 6.03 Å². The predicted molar refractivity (Wildman–Crippen MR) is 196 cm³/mol. The van der Waals surface area contributed by atoms with Crippen LogP contribution in [0.2, 0.25) is 0 Å². The number of nitrogens with zero attached hydrogens (tertiary/aromatic N) is 4. The van der Waals surface area contributed by atoms with Crippen molar-refractivity contribution in [3.05, 3.63) is 59.7 Å². The van der Waals surface area contributed by atoms with Crippen LogP contribution < -0.4 is 20.7 Å². The first kappa shape index (κ1) is 36.6. The smallest absolute Gasteiger partial charge is 0.319 e. The lowest BCUT2D eigenvalue weighted by Gasteiger charge is -2.41. The number of hydrogen-bond donors (Lipinski definition) is 3. The number of rotatable bonds is 12. The Labute approximate surface area is 302 Å². The molecule has 4 aliphatic heterocycles. The number of carbonyl (C=O) groups is 4. The molecule has 12 heteroatoms. The second-order valence-electron chi connectivity index (χ2n) is 14.4. The first-order valence-corrected chi connectivity index (χ1v) is 19.0. The highest BCUT2D eigenvalue weighted by Gasteiger charge is 2.36. The average Bonchev–Trinajstić information content (AvgIpc) is 4.01. The molecule has 276 valence electrons. The summed E-state index contributed by atoms with van der Waals surface area (Å²) in [6.07, 6.45) is 6.73. The van der Waals surface area contributed by atoms with Gasteiger partial charge in [-0.25, -0.2) is 4.79 Å². The van der Waals surface area contributed by atoms with Crippen LogP contribution in [0, 0.1) is 0 Å². The van der Waals surface area contributed by atoms with Crippen LogP contribution in [0.5, 0.6) is 5.75 Å². The van der Waals surface area contributed by atoms with Gasteiger partial charge in [-0.2, -0.15) is 0 Å². The molecule has 5 amide bonds. The highest BCUT2D eigenvalue weighted by Crippen LogP contribution is 2.28. The number of nitrogens with one attached hydrogen (secondary N) is 3. The number of amides is 5. The van der Waals surface area contributed by atoms with Gasteiger partial charge in [0.1, 0.15) is 11.8 Å². The maximum Gasteiger partial charge on any atom is 0.319 e. The number of anilines is 1. The Morgan fingerprint density at radius 2 is 1.55 bits per heavy atom. The fraction of sp³-hybridized carbons (Fsp3) is 0.590. The zero-order valence-electron chi connectivity index (χ0n) is 30.3. The minimum atomic E-state index is -0.995. The lowest BCUT2D eigenvalue weighted by molar-refractivity contribution is -0.141. The number of benzene rings is 2. The number of carbonyl (C=O) groups excluding carboxylic acids is 4. The molecule has 0 aliphatic carbocycles. The molecule has 2 atom stereocenters. The quantitative estimate of drug-likeness (QED) is 0.283. The van der Waals surface area contributed by atoms with Gasteiger partial charge in [0.2, 0.25) is 17.7 Å². The number of piperidine rings is 3. The highest BCUT2D eigenvalue weighted by atomic mass is 16.5. The summed E-state index contributed by atoms with van der Waals surface area (Å²) in [5, 5.41) is 9.03. The minimum Gasteiger partial charge on any atom is -0.494 e. The molecule has 1 unspecified atom stereocenters. The highest BCUT2D eigenvalue weighted by molar-refractivity contribution is 5.96. The van der Waals surface area contributed by atoms with Gasteiger partial charge in [0.25, 0.3) is 0 Å². The molecule has 4 heterocycles. The minimum absolute atomic E-state index is 0.0171. The zero-order valence-corrected chi connectivity index (χ0v) is 30.3. The van der Waals surface area contributed by atoms with E-state index in [1.807, 2.05) is 28.9 Å². The summed E-state index contributed by atoms with van der Waals surface area (Å²) in [5.41, 5.74) is 2.95. The topological polar surface area (TPSA) is 136 Å². The second kappa shape index (κ2) is 17.4. The normalized spacial score (nSPS) is 20.7. The Bertz CT molecular complexity index is 1490. The molecule has 0 bridgehead atoms. The van der Waals surface area contributed by atoms with Gasteiger partial charge in [-0.1, -0.05) is 30.7 Å². The zero-order chi connectivity index (χ0) is 35.7. The van der Waals surface area contributed by atoms with E-state index in [-0.39, 0.29) is 30.2 Å². The van der Waals surface area contributed by atoms with Crippen molar-refractivity contribution in [1.29, 1.82) is 0 Å². The Hall–Kier alpha value is -4.16. The molecule has 51 heavy (non-hydrogen) atoms. The molecule has 0 radical (unpaired) electrons. The number of ether oxygens (including phenoxy) is 1. The summed E-state index contributed by atoms with van der Waals surface area (Å²) in [7, 11) is 0. The van der Waals surface area contributed by atoms with E-state index >= 15 is 0 Å². The molecule has 4 saturated heterocycles. The maximum atomic E-state index is 14.0. The largest absolute Gasteiger partial charge is 0.494 e. The van der Waals surface area contributed by atoms with E-state index in [0.29, 0.717) is 75.7 Å². The fourth-order valence-corrected chi connectivity index (χ4v) is 7.99. The summed E-state index contributed by atoms with van der Waals surface area (Å²) >= 11 is 0. The van der Waals surface area contributed by atoms with Crippen molar-refractivity contribution >= 4 is 29.4 Å². The van der Waals surface area contributed by atoms with E-state index < -0.39 is 12.1 Å². The molecule has 2 aromatic carbocycles. The first-order chi connectivity index (χ1) is 24.8. The van der Waals surface area contributed by atoms with Crippen LogP contribution >= 0.6 is 0 Å². The van der Waals surface area contributed by atoms with E-state index in [1.54, 1.807) is 36.1 Å². The summed E-state index contributed by atoms with van der Waals surface area (Å²) in [6.45, 7) is 9.99. The second-order valence-corrected chi connectivity index (χ2v) is 14.4. The first-order valence-electron chi connectivity index (χ1n) is 19.0. The number of likely N-dealkylation sites (tertiary alicyclic amines) is 3. The summed E-state index contributed by atoms with van der Waals surface area (Å²) < 4.78 is 5.50. The lowest BCUT2D eigenvalue weighted by atomic mass is 9.98. The van der Waals surface area contributed by atoms with Crippen LogP contribution in [-0.2, 0) is 20.9 Å². The number of hydrogen-bond acceptors (Lipinski definition) is 7. The lowest BCUT2D eigenvalue weighted by Crippen LogP contribution is -2.55. The Kier molecular flexibility index (Phi) is 12.5. The van der Waals surface area contributed by atoms with Gasteiger partial charge in [0, 0.05) is 70.0 Å². The van der Waals surface area contributed by atoms with E-state index in [4.69, 9.17) is 4.74 Å². The van der Waals surface area contributed by atoms with Crippen molar-refractivity contribution in [1.82, 2.24) is 30.2 Å². The van der Waals surface area contributed by atoms with Crippen LogP contribution in [-0.4, -0.2) is 114 Å². The van der Waals surface area contributed by atoms with E-state index in [2.05, 4.69) is 33.0 Å². The van der Waals surface area contributed by atoms with Gasteiger partial charge in [-0.3, -0.25) is 14.4 Å². The van der Waals surface area contributed by atoms with Crippen LogP contribution in [0.4, 0.5) is 10.5 Å². The van der Waals surface area contributed by atoms with Crippen molar-refractivity contribution in [3.63, 3.8) is 0 Å². The maximum absolute atomic E-state index is 14.0. The molecule has 3 N–H and O–H groups in total. The third kappa shape index (κ3) is 9.79. The van der Waals surface area contributed by atoms with E-state index in [9.17, 15) is 19.2 Å². The van der Waals surface area contributed by atoms with Gasteiger partial charge in [0.05, 0.1) is 13.0 Å². The van der Waals surface area contributed by atoms with Gasteiger partial charge in [-0.15, -0.1) is 0 Å².